The molecule has 0 spiro atoms. The topological polar surface area (TPSA) is 49.4 Å². The van der Waals surface area contributed by atoms with Crippen LogP contribution in [0, 0.1) is 5.92 Å². The lowest BCUT2D eigenvalue weighted by Gasteiger charge is -2.52. The maximum atomic E-state index is 13.2. The van der Waals surface area contributed by atoms with Gasteiger partial charge >= 0.3 is 0 Å². The van der Waals surface area contributed by atoms with E-state index in [0.29, 0.717) is 5.92 Å². The van der Waals surface area contributed by atoms with E-state index in [1.54, 1.807) is 0 Å². The lowest BCUT2D eigenvalue weighted by atomic mass is 9.83. The van der Waals surface area contributed by atoms with Gasteiger partial charge in [-0.15, -0.1) is 0 Å². The number of hydrogen-bond acceptors (Lipinski definition) is 2. The van der Waals surface area contributed by atoms with E-state index in [2.05, 4.69) is 5.32 Å². The Bertz CT molecular complexity index is 448. The van der Waals surface area contributed by atoms with Crippen molar-refractivity contribution in [3.63, 3.8) is 0 Å². The average Bonchev–Trinajstić information content (AvgIpc) is 3.24. The normalized spacial score (nSPS) is 34.5. The molecule has 2 amide bonds. The minimum Gasteiger partial charge on any atom is -0.340 e. The van der Waals surface area contributed by atoms with E-state index in [0.717, 1.165) is 25.7 Å². The third-order valence-corrected chi connectivity index (χ3v) is 5.78. The van der Waals surface area contributed by atoms with Crippen LogP contribution in [-0.4, -0.2) is 33.8 Å². The van der Waals surface area contributed by atoms with Gasteiger partial charge in [0.25, 0.3) is 0 Å². The van der Waals surface area contributed by atoms with Gasteiger partial charge in [0, 0.05) is 6.04 Å². The van der Waals surface area contributed by atoms with Crippen LogP contribution in [0.3, 0.4) is 0 Å². The Labute approximate surface area is 127 Å². The third-order valence-electron chi connectivity index (χ3n) is 5.78. The standard InChI is InChI=1S/C17H28N2O2/c1-16(2)14(20)18-17(3,12-10-11-12)15(21)19(16)13-8-6-4-5-7-9-13/h12-13H,4-11H2,1-3H3,(H,18,20). The molecule has 3 rings (SSSR count). The first kappa shape index (κ1) is 14.9. The first-order chi connectivity index (χ1) is 9.87. The van der Waals surface area contributed by atoms with Crippen molar-refractivity contribution in [3.05, 3.63) is 0 Å². The Morgan fingerprint density at radius 2 is 1.52 bits per heavy atom. The van der Waals surface area contributed by atoms with Gasteiger partial charge in [0.15, 0.2) is 0 Å². The molecule has 3 aliphatic rings. The molecule has 1 saturated heterocycles. The van der Waals surface area contributed by atoms with Crippen molar-refractivity contribution in [2.75, 3.05) is 0 Å². The van der Waals surface area contributed by atoms with Crippen LogP contribution in [0.15, 0.2) is 0 Å². The largest absolute Gasteiger partial charge is 0.340 e. The summed E-state index contributed by atoms with van der Waals surface area (Å²) in [5.41, 5.74) is -1.39. The summed E-state index contributed by atoms with van der Waals surface area (Å²) in [6.45, 7) is 5.74. The van der Waals surface area contributed by atoms with Crippen molar-refractivity contribution in [1.82, 2.24) is 10.2 Å². The van der Waals surface area contributed by atoms with Crippen molar-refractivity contribution in [2.45, 2.75) is 89.3 Å². The lowest BCUT2D eigenvalue weighted by molar-refractivity contribution is -0.165. The summed E-state index contributed by atoms with van der Waals surface area (Å²) in [6.07, 6.45) is 9.06. The molecule has 4 nitrogen and oxygen atoms in total. The number of nitrogens with zero attached hydrogens (tertiary/aromatic N) is 1. The van der Waals surface area contributed by atoms with Crippen LogP contribution in [0.2, 0.25) is 0 Å². The molecule has 1 aliphatic heterocycles. The molecule has 1 unspecified atom stereocenters. The Hall–Kier alpha value is -1.06. The van der Waals surface area contributed by atoms with Gasteiger partial charge in [0.05, 0.1) is 0 Å². The fraction of sp³-hybridized carbons (Fsp3) is 0.882. The molecule has 1 N–H and O–H groups in total. The molecule has 2 aliphatic carbocycles. The quantitative estimate of drug-likeness (QED) is 0.795. The smallest absolute Gasteiger partial charge is 0.249 e. The van der Waals surface area contributed by atoms with Crippen LogP contribution in [-0.2, 0) is 9.59 Å². The highest BCUT2D eigenvalue weighted by Crippen LogP contribution is 2.44. The molecule has 4 heteroatoms. The summed E-state index contributed by atoms with van der Waals surface area (Å²) in [6, 6.07) is 0.235. The number of rotatable bonds is 2. The molecule has 0 aromatic heterocycles. The zero-order valence-electron chi connectivity index (χ0n) is 13.6. The lowest BCUT2D eigenvalue weighted by Crippen LogP contribution is -2.75. The van der Waals surface area contributed by atoms with Gasteiger partial charge in [-0.3, -0.25) is 9.59 Å². The highest BCUT2D eigenvalue weighted by atomic mass is 16.2. The van der Waals surface area contributed by atoms with Crippen LogP contribution >= 0.6 is 0 Å². The molecule has 0 aromatic rings. The van der Waals surface area contributed by atoms with Crippen LogP contribution < -0.4 is 5.32 Å². The van der Waals surface area contributed by atoms with Gasteiger partial charge < -0.3 is 10.2 Å². The summed E-state index contributed by atoms with van der Waals surface area (Å²) in [5.74, 6) is 0.501. The van der Waals surface area contributed by atoms with Gasteiger partial charge in [-0.05, 0) is 52.4 Å². The zero-order valence-corrected chi connectivity index (χ0v) is 13.6. The molecule has 3 fully saturated rings. The number of carbonyl (C=O) groups excluding carboxylic acids is 2. The van der Waals surface area contributed by atoms with Gasteiger partial charge in [0.1, 0.15) is 11.1 Å². The van der Waals surface area contributed by atoms with E-state index in [4.69, 9.17) is 0 Å². The predicted octanol–water partition coefficient (Wildman–Crippen LogP) is 2.61. The molecule has 1 atom stereocenters. The van der Waals surface area contributed by atoms with E-state index in [1.165, 1.54) is 25.7 Å². The van der Waals surface area contributed by atoms with E-state index in [1.807, 2.05) is 25.7 Å². The second-order valence-corrected chi connectivity index (χ2v) is 7.81. The van der Waals surface area contributed by atoms with Crippen molar-refractivity contribution in [2.24, 2.45) is 5.92 Å². The van der Waals surface area contributed by atoms with Gasteiger partial charge in [-0.1, -0.05) is 25.7 Å². The Morgan fingerprint density at radius 3 is 2.05 bits per heavy atom. The zero-order chi connectivity index (χ0) is 15.3. The van der Waals surface area contributed by atoms with E-state index < -0.39 is 11.1 Å². The van der Waals surface area contributed by atoms with E-state index >= 15 is 0 Å². The molecule has 0 bridgehead atoms. The monoisotopic (exact) mass is 292 g/mol. The van der Waals surface area contributed by atoms with Crippen molar-refractivity contribution in [1.29, 1.82) is 0 Å². The number of amides is 2. The molecule has 2 saturated carbocycles. The molecule has 0 radical (unpaired) electrons. The Morgan fingerprint density at radius 1 is 0.952 bits per heavy atom. The van der Waals surface area contributed by atoms with Gasteiger partial charge in [-0.2, -0.15) is 0 Å². The molecular formula is C17H28N2O2. The van der Waals surface area contributed by atoms with Gasteiger partial charge in [-0.25, -0.2) is 0 Å². The number of hydrogen-bond donors (Lipinski definition) is 1. The summed E-state index contributed by atoms with van der Waals surface area (Å²) < 4.78 is 0. The predicted molar refractivity (Wildman–Crippen MR) is 81.7 cm³/mol. The van der Waals surface area contributed by atoms with Crippen LogP contribution in [0.1, 0.15) is 72.1 Å². The average molecular weight is 292 g/mol. The molecule has 0 aromatic carbocycles. The van der Waals surface area contributed by atoms with Crippen LogP contribution in [0.4, 0.5) is 0 Å². The van der Waals surface area contributed by atoms with Gasteiger partial charge in [0.2, 0.25) is 11.8 Å². The van der Waals surface area contributed by atoms with Crippen LogP contribution in [0.25, 0.3) is 0 Å². The molecule has 118 valence electrons. The summed E-state index contributed by atoms with van der Waals surface area (Å²) >= 11 is 0. The minimum atomic E-state index is -0.722. The number of piperazine rings is 1. The molecule has 21 heavy (non-hydrogen) atoms. The van der Waals surface area contributed by atoms with Crippen molar-refractivity contribution >= 4 is 11.8 Å². The first-order valence-corrected chi connectivity index (χ1v) is 8.54. The summed E-state index contributed by atoms with van der Waals surface area (Å²) in [7, 11) is 0. The fourth-order valence-corrected chi connectivity index (χ4v) is 4.13. The maximum Gasteiger partial charge on any atom is 0.249 e. The van der Waals surface area contributed by atoms with E-state index in [-0.39, 0.29) is 17.9 Å². The Balaban J connectivity index is 1.92. The van der Waals surface area contributed by atoms with Crippen molar-refractivity contribution in [3.8, 4) is 0 Å². The second kappa shape index (κ2) is 4.99. The SMILES string of the molecule is CC1(C2CC2)NC(=O)C(C)(C)N(C2CCCCCC2)C1=O. The fourth-order valence-electron chi connectivity index (χ4n) is 4.13. The molecular weight excluding hydrogens is 264 g/mol. The first-order valence-electron chi connectivity index (χ1n) is 8.54. The number of carbonyl (C=O) groups is 2. The minimum absolute atomic E-state index is 0.0146. The second-order valence-electron chi connectivity index (χ2n) is 7.81. The summed E-state index contributed by atoms with van der Waals surface area (Å²) in [4.78, 5) is 27.8. The highest BCUT2D eigenvalue weighted by Gasteiger charge is 2.59. The third kappa shape index (κ3) is 2.36. The number of nitrogens with one attached hydrogen (secondary N) is 1. The summed E-state index contributed by atoms with van der Waals surface area (Å²) in [5, 5.41) is 3.05. The highest BCUT2D eigenvalue weighted by molar-refractivity contribution is 6.02. The van der Waals surface area contributed by atoms with Crippen LogP contribution in [0.5, 0.6) is 0 Å². The van der Waals surface area contributed by atoms with E-state index in [9.17, 15) is 9.59 Å². The molecule has 1 heterocycles. The van der Waals surface area contributed by atoms with Crippen molar-refractivity contribution < 1.29 is 9.59 Å². The Kier molecular flexibility index (Phi) is 3.53. The maximum absolute atomic E-state index is 13.2.